The van der Waals surface area contributed by atoms with Crippen molar-refractivity contribution in [1.29, 1.82) is 0 Å². The SMILES string of the molecule is CCCCC(=O)NCc1ccc2[nH]c(C)cc2c1. The maximum Gasteiger partial charge on any atom is 0.220 e. The number of aromatic nitrogens is 1. The molecule has 0 fully saturated rings. The number of aromatic amines is 1. The van der Waals surface area contributed by atoms with Crippen molar-refractivity contribution in [2.24, 2.45) is 0 Å². The molecule has 2 N–H and O–H groups in total. The molecule has 0 saturated carbocycles. The van der Waals surface area contributed by atoms with Gasteiger partial charge in [-0.2, -0.15) is 0 Å². The van der Waals surface area contributed by atoms with E-state index in [-0.39, 0.29) is 5.91 Å². The summed E-state index contributed by atoms with van der Waals surface area (Å²) in [5.41, 5.74) is 3.45. The Labute approximate surface area is 108 Å². The van der Waals surface area contributed by atoms with E-state index in [1.165, 1.54) is 5.39 Å². The van der Waals surface area contributed by atoms with E-state index in [2.05, 4.69) is 41.5 Å². The molecule has 0 atom stereocenters. The van der Waals surface area contributed by atoms with Crippen LogP contribution in [0.5, 0.6) is 0 Å². The molecule has 1 aromatic heterocycles. The van der Waals surface area contributed by atoms with E-state index in [1.54, 1.807) is 0 Å². The average Bonchev–Trinajstić information content (AvgIpc) is 2.73. The van der Waals surface area contributed by atoms with Crippen molar-refractivity contribution in [2.75, 3.05) is 0 Å². The highest BCUT2D eigenvalue weighted by molar-refractivity contribution is 5.81. The van der Waals surface area contributed by atoms with Crippen LogP contribution in [0, 0.1) is 6.92 Å². The number of nitrogens with one attached hydrogen (secondary N) is 2. The maximum atomic E-state index is 11.5. The number of hydrogen-bond acceptors (Lipinski definition) is 1. The van der Waals surface area contributed by atoms with E-state index in [9.17, 15) is 4.79 Å². The molecule has 0 aliphatic heterocycles. The summed E-state index contributed by atoms with van der Waals surface area (Å²) in [5.74, 6) is 0.141. The highest BCUT2D eigenvalue weighted by atomic mass is 16.1. The largest absolute Gasteiger partial charge is 0.359 e. The van der Waals surface area contributed by atoms with Crippen LogP contribution in [0.25, 0.3) is 10.9 Å². The van der Waals surface area contributed by atoms with Crippen LogP contribution in [0.4, 0.5) is 0 Å². The summed E-state index contributed by atoms with van der Waals surface area (Å²) in [4.78, 5) is 14.8. The highest BCUT2D eigenvalue weighted by Crippen LogP contribution is 2.16. The lowest BCUT2D eigenvalue weighted by molar-refractivity contribution is -0.121. The van der Waals surface area contributed by atoms with Crippen molar-refractivity contribution >= 4 is 16.8 Å². The Kier molecular flexibility index (Phi) is 4.03. The first kappa shape index (κ1) is 12.7. The van der Waals surface area contributed by atoms with Gasteiger partial charge in [-0.15, -0.1) is 0 Å². The fourth-order valence-corrected chi connectivity index (χ4v) is 2.06. The van der Waals surface area contributed by atoms with Crippen LogP contribution in [0.3, 0.4) is 0 Å². The summed E-state index contributed by atoms with van der Waals surface area (Å²) in [7, 11) is 0. The first-order valence-electron chi connectivity index (χ1n) is 6.54. The second-order valence-corrected chi connectivity index (χ2v) is 4.75. The fraction of sp³-hybridized carbons (Fsp3) is 0.400. The van der Waals surface area contributed by atoms with Crippen LogP contribution >= 0.6 is 0 Å². The standard InChI is InChI=1S/C15H20N2O/c1-3-4-5-15(18)16-10-12-6-7-14-13(9-12)8-11(2)17-14/h6-9,17H,3-5,10H2,1-2H3,(H,16,18). The number of rotatable bonds is 5. The van der Waals surface area contributed by atoms with Gasteiger partial charge in [0.2, 0.25) is 5.91 Å². The molecule has 3 nitrogen and oxygen atoms in total. The third-order valence-corrected chi connectivity index (χ3v) is 3.07. The van der Waals surface area contributed by atoms with Gasteiger partial charge in [-0.05, 0) is 42.5 Å². The van der Waals surface area contributed by atoms with Gasteiger partial charge in [0.05, 0.1) is 0 Å². The van der Waals surface area contributed by atoms with Gasteiger partial charge < -0.3 is 10.3 Å². The third kappa shape index (κ3) is 3.13. The molecular formula is C15H20N2O. The minimum atomic E-state index is 0.141. The van der Waals surface area contributed by atoms with Crippen LogP contribution in [-0.4, -0.2) is 10.9 Å². The van der Waals surface area contributed by atoms with Crippen LogP contribution in [-0.2, 0) is 11.3 Å². The molecule has 0 spiro atoms. The Morgan fingerprint density at radius 2 is 2.17 bits per heavy atom. The number of aryl methyl sites for hydroxylation is 1. The molecule has 0 unspecified atom stereocenters. The molecule has 1 amide bonds. The van der Waals surface area contributed by atoms with Crippen molar-refractivity contribution in [1.82, 2.24) is 10.3 Å². The number of benzene rings is 1. The number of hydrogen-bond donors (Lipinski definition) is 2. The zero-order valence-corrected chi connectivity index (χ0v) is 11.0. The Morgan fingerprint density at radius 3 is 2.94 bits per heavy atom. The third-order valence-electron chi connectivity index (χ3n) is 3.07. The normalized spacial score (nSPS) is 10.8. The summed E-state index contributed by atoms with van der Waals surface area (Å²) in [5, 5.41) is 4.16. The summed E-state index contributed by atoms with van der Waals surface area (Å²) in [6.07, 6.45) is 2.64. The Bertz CT molecular complexity index is 542. The lowest BCUT2D eigenvalue weighted by Crippen LogP contribution is -2.22. The number of fused-ring (bicyclic) bond motifs is 1. The van der Waals surface area contributed by atoms with Gasteiger partial charge in [-0.25, -0.2) is 0 Å². The fourth-order valence-electron chi connectivity index (χ4n) is 2.06. The Morgan fingerprint density at radius 1 is 1.33 bits per heavy atom. The van der Waals surface area contributed by atoms with E-state index < -0.39 is 0 Å². The van der Waals surface area contributed by atoms with E-state index in [0.29, 0.717) is 13.0 Å². The minimum Gasteiger partial charge on any atom is -0.359 e. The molecule has 96 valence electrons. The van der Waals surface area contributed by atoms with Crippen LogP contribution < -0.4 is 5.32 Å². The number of H-pyrrole nitrogens is 1. The lowest BCUT2D eigenvalue weighted by atomic mass is 10.1. The van der Waals surface area contributed by atoms with Crippen LogP contribution in [0.15, 0.2) is 24.3 Å². The second-order valence-electron chi connectivity index (χ2n) is 4.75. The molecule has 1 heterocycles. The van der Waals surface area contributed by atoms with Crippen molar-refractivity contribution in [3.63, 3.8) is 0 Å². The van der Waals surface area contributed by atoms with Crippen molar-refractivity contribution in [3.8, 4) is 0 Å². The van der Waals surface area contributed by atoms with Gasteiger partial charge in [-0.1, -0.05) is 19.4 Å². The summed E-state index contributed by atoms with van der Waals surface area (Å²) in [6, 6.07) is 8.37. The Balaban J connectivity index is 1.97. The quantitative estimate of drug-likeness (QED) is 0.833. The molecule has 0 radical (unpaired) electrons. The molecule has 3 heteroatoms. The molecule has 0 saturated heterocycles. The van der Waals surface area contributed by atoms with Gasteiger partial charge in [0, 0.05) is 24.2 Å². The first-order chi connectivity index (χ1) is 8.69. The summed E-state index contributed by atoms with van der Waals surface area (Å²) >= 11 is 0. The minimum absolute atomic E-state index is 0.141. The van der Waals surface area contributed by atoms with Gasteiger partial charge in [0.25, 0.3) is 0 Å². The van der Waals surface area contributed by atoms with Crippen molar-refractivity contribution in [3.05, 3.63) is 35.5 Å². The Hall–Kier alpha value is -1.77. The zero-order chi connectivity index (χ0) is 13.0. The van der Waals surface area contributed by atoms with Crippen molar-refractivity contribution < 1.29 is 4.79 Å². The maximum absolute atomic E-state index is 11.5. The van der Waals surface area contributed by atoms with Gasteiger partial charge in [0.1, 0.15) is 0 Å². The molecular weight excluding hydrogens is 224 g/mol. The number of carbonyl (C=O) groups excluding carboxylic acids is 1. The smallest absolute Gasteiger partial charge is 0.220 e. The predicted molar refractivity (Wildman–Crippen MR) is 74.4 cm³/mol. The van der Waals surface area contributed by atoms with Gasteiger partial charge >= 0.3 is 0 Å². The molecule has 0 bridgehead atoms. The molecule has 0 aliphatic carbocycles. The van der Waals surface area contributed by atoms with Gasteiger partial charge in [0.15, 0.2) is 0 Å². The zero-order valence-electron chi connectivity index (χ0n) is 11.0. The lowest BCUT2D eigenvalue weighted by Gasteiger charge is -2.05. The monoisotopic (exact) mass is 244 g/mol. The molecule has 2 aromatic rings. The molecule has 0 aliphatic rings. The number of amides is 1. The topological polar surface area (TPSA) is 44.9 Å². The summed E-state index contributed by atoms with van der Waals surface area (Å²) < 4.78 is 0. The predicted octanol–water partition coefficient (Wildman–Crippen LogP) is 3.28. The van der Waals surface area contributed by atoms with E-state index >= 15 is 0 Å². The van der Waals surface area contributed by atoms with Gasteiger partial charge in [-0.3, -0.25) is 4.79 Å². The van der Waals surface area contributed by atoms with Crippen LogP contribution in [0.1, 0.15) is 37.4 Å². The van der Waals surface area contributed by atoms with E-state index in [0.717, 1.165) is 29.6 Å². The summed E-state index contributed by atoms with van der Waals surface area (Å²) in [6.45, 7) is 4.75. The van der Waals surface area contributed by atoms with E-state index in [1.807, 2.05) is 6.92 Å². The van der Waals surface area contributed by atoms with Crippen LogP contribution in [0.2, 0.25) is 0 Å². The highest BCUT2D eigenvalue weighted by Gasteiger charge is 2.02. The number of unbranched alkanes of at least 4 members (excludes halogenated alkanes) is 1. The number of carbonyl (C=O) groups is 1. The molecule has 1 aromatic carbocycles. The average molecular weight is 244 g/mol. The molecule has 18 heavy (non-hydrogen) atoms. The molecule has 2 rings (SSSR count). The first-order valence-corrected chi connectivity index (χ1v) is 6.54. The van der Waals surface area contributed by atoms with Crippen molar-refractivity contribution in [2.45, 2.75) is 39.7 Å². The van der Waals surface area contributed by atoms with E-state index in [4.69, 9.17) is 0 Å². The second kappa shape index (κ2) is 5.71.